The van der Waals surface area contributed by atoms with E-state index in [1.807, 2.05) is 6.07 Å². The minimum atomic E-state index is -0.500. The zero-order chi connectivity index (χ0) is 19.4. The van der Waals surface area contributed by atoms with E-state index in [4.69, 9.17) is 16.6 Å². The molecule has 6 nitrogen and oxygen atoms in total. The number of nitrogens with zero attached hydrogens (tertiary/aromatic N) is 2. The molecule has 27 heavy (non-hydrogen) atoms. The van der Waals surface area contributed by atoms with E-state index in [0.29, 0.717) is 13.0 Å². The van der Waals surface area contributed by atoms with Crippen molar-refractivity contribution in [1.29, 1.82) is 0 Å². The third-order valence-corrected chi connectivity index (χ3v) is 4.63. The monoisotopic (exact) mass is 387 g/mol. The molecule has 0 saturated heterocycles. The van der Waals surface area contributed by atoms with E-state index >= 15 is 0 Å². The van der Waals surface area contributed by atoms with Crippen LogP contribution in [0.1, 0.15) is 29.2 Å². The second kappa shape index (κ2) is 8.13. The topological polar surface area (TPSA) is 83.5 Å². The Bertz CT molecular complexity index is 1050. The Morgan fingerprint density at radius 3 is 2.78 bits per heavy atom. The van der Waals surface area contributed by atoms with Gasteiger partial charge in [0.1, 0.15) is 17.1 Å². The SMILES string of the molecule is Cn1c(O)c(C=NCCC(c2ccc(F)cc2)c2ccco2)c(=O)[nH]c1=S. The number of rotatable bonds is 6. The Balaban J connectivity index is 1.78. The number of aliphatic imine (C=N–C) groups is 1. The normalized spacial score (nSPS) is 12.5. The van der Waals surface area contributed by atoms with Crippen LogP contribution in [0, 0.1) is 10.6 Å². The standard InChI is InChI=1S/C19H18FN3O3S/c1-23-18(25)15(17(24)22-19(23)27)11-21-9-8-14(16-3-2-10-26-16)12-4-6-13(20)7-5-12/h2-7,10-11,14,25H,8-9H2,1H3,(H,22,24,27). The number of nitrogens with one attached hydrogen (secondary N) is 1. The highest BCUT2D eigenvalue weighted by Crippen LogP contribution is 2.28. The van der Waals surface area contributed by atoms with Crippen molar-refractivity contribution in [2.45, 2.75) is 12.3 Å². The van der Waals surface area contributed by atoms with E-state index in [1.165, 1.54) is 22.9 Å². The van der Waals surface area contributed by atoms with Crippen LogP contribution < -0.4 is 5.56 Å². The highest BCUT2D eigenvalue weighted by atomic mass is 32.1. The summed E-state index contributed by atoms with van der Waals surface area (Å²) in [4.78, 5) is 18.7. The van der Waals surface area contributed by atoms with Crippen LogP contribution in [0.3, 0.4) is 0 Å². The van der Waals surface area contributed by atoms with Crippen LogP contribution in [-0.2, 0) is 7.05 Å². The van der Waals surface area contributed by atoms with Crippen LogP contribution in [0.25, 0.3) is 0 Å². The van der Waals surface area contributed by atoms with Gasteiger partial charge in [0.05, 0.1) is 6.26 Å². The van der Waals surface area contributed by atoms with Gasteiger partial charge in [0.2, 0.25) is 5.88 Å². The smallest absolute Gasteiger partial charge is 0.264 e. The lowest BCUT2D eigenvalue weighted by molar-refractivity contribution is 0.420. The van der Waals surface area contributed by atoms with Crippen molar-refractivity contribution in [2.75, 3.05) is 6.54 Å². The summed E-state index contributed by atoms with van der Waals surface area (Å²) >= 11 is 4.93. The first-order valence-electron chi connectivity index (χ1n) is 8.28. The number of furan rings is 1. The first kappa shape index (κ1) is 18.8. The second-order valence-electron chi connectivity index (χ2n) is 6.00. The van der Waals surface area contributed by atoms with Crippen molar-refractivity contribution in [3.63, 3.8) is 0 Å². The molecule has 0 amide bonds. The third-order valence-electron chi connectivity index (χ3n) is 4.25. The molecule has 1 atom stereocenters. The number of aromatic amines is 1. The molecule has 2 heterocycles. The fourth-order valence-electron chi connectivity index (χ4n) is 2.76. The summed E-state index contributed by atoms with van der Waals surface area (Å²) < 4.78 is 20.1. The van der Waals surface area contributed by atoms with E-state index in [1.54, 1.807) is 31.5 Å². The summed E-state index contributed by atoms with van der Waals surface area (Å²) in [5.74, 6) is 0.103. The Morgan fingerprint density at radius 1 is 1.37 bits per heavy atom. The molecule has 1 unspecified atom stereocenters. The number of aromatic nitrogens is 2. The lowest BCUT2D eigenvalue weighted by atomic mass is 9.93. The summed E-state index contributed by atoms with van der Waals surface area (Å²) in [5.41, 5.74) is 0.451. The minimum Gasteiger partial charge on any atom is -0.494 e. The molecule has 0 bridgehead atoms. The van der Waals surface area contributed by atoms with E-state index in [-0.39, 0.29) is 27.9 Å². The Hall–Kier alpha value is -3.00. The van der Waals surface area contributed by atoms with Gasteiger partial charge in [-0.2, -0.15) is 0 Å². The number of benzene rings is 1. The van der Waals surface area contributed by atoms with Gasteiger partial charge >= 0.3 is 0 Å². The predicted molar refractivity (Wildman–Crippen MR) is 103 cm³/mol. The molecule has 1 aromatic carbocycles. The molecule has 2 N–H and O–H groups in total. The molecule has 2 aromatic heterocycles. The molecule has 0 fully saturated rings. The second-order valence-corrected chi connectivity index (χ2v) is 6.39. The average Bonchev–Trinajstić information content (AvgIpc) is 3.17. The quantitative estimate of drug-likeness (QED) is 0.501. The molecular weight excluding hydrogens is 369 g/mol. The summed E-state index contributed by atoms with van der Waals surface area (Å²) in [7, 11) is 1.55. The first-order chi connectivity index (χ1) is 13.0. The van der Waals surface area contributed by atoms with Crippen LogP contribution in [0.5, 0.6) is 5.88 Å². The molecule has 0 saturated carbocycles. The largest absolute Gasteiger partial charge is 0.494 e. The molecule has 8 heteroatoms. The molecule has 0 aliphatic rings. The molecule has 3 aromatic rings. The maximum atomic E-state index is 13.2. The lowest BCUT2D eigenvalue weighted by Crippen LogP contribution is -2.17. The predicted octanol–water partition coefficient (Wildman–Crippen LogP) is 3.52. The van der Waals surface area contributed by atoms with Crippen molar-refractivity contribution in [1.82, 2.24) is 9.55 Å². The van der Waals surface area contributed by atoms with Gasteiger partial charge in [0, 0.05) is 25.7 Å². The zero-order valence-electron chi connectivity index (χ0n) is 14.6. The molecule has 140 valence electrons. The maximum Gasteiger partial charge on any atom is 0.264 e. The molecule has 3 rings (SSSR count). The highest BCUT2D eigenvalue weighted by Gasteiger charge is 2.17. The van der Waals surface area contributed by atoms with Gasteiger partial charge in [-0.3, -0.25) is 19.3 Å². The van der Waals surface area contributed by atoms with Crippen LogP contribution in [0.4, 0.5) is 4.39 Å². The van der Waals surface area contributed by atoms with Gasteiger partial charge in [-0.05, 0) is 48.5 Å². The fourth-order valence-corrected chi connectivity index (χ4v) is 2.94. The number of hydrogen-bond acceptors (Lipinski definition) is 5. The van der Waals surface area contributed by atoms with E-state index in [9.17, 15) is 14.3 Å². The summed E-state index contributed by atoms with van der Waals surface area (Å²) in [6.07, 6.45) is 3.50. The van der Waals surface area contributed by atoms with Gasteiger partial charge in [-0.1, -0.05) is 12.1 Å². The van der Waals surface area contributed by atoms with Gasteiger partial charge in [0.15, 0.2) is 4.77 Å². The van der Waals surface area contributed by atoms with Crippen molar-refractivity contribution in [2.24, 2.45) is 12.0 Å². The van der Waals surface area contributed by atoms with E-state index < -0.39 is 5.56 Å². The van der Waals surface area contributed by atoms with Crippen LogP contribution in [0.2, 0.25) is 0 Å². The molecule has 0 aliphatic carbocycles. The van der Waals surface area contributed by atoms with Gasteiger partial charge in [0.25, 0.3) is 5.56 Å². The van der Waals surface area contributed by atoms with Crippen LogP contribution in [-0.4, -0.2) is 27.4 Å². The minimum absolute atomic E-state index is 0.0439. The first-order valence-corrected chi connectivity index (χ1v) is 8.69. The van der Waals surface area contributed by atoms with Crippen LogP contribution in [0.15, 0.2) is 56.9 Å². The van der Waals surface area contributed by atoms with Gasteiger partial charge < -0.3 is 9.52 Å². The Labute approximate surface area is 159 Å². The lowest BCUT2D eigenvalue weighted by Gasteiger charge is -2.14. The summed E-state index contributed by atoms with van der Waals surface area (Å²) in [6, 6.07) is 9.89. The highest BCUT2D eigenvalue weighted by molar-refractivity contribution is 7.71. The maximum absolute atomic E-state index is 13.2. The van der Waals surface area contributed by atoms with Crippen molar-refractivity contribution in [3.05, 3.63) is 80.5 Å². The average molecular weight is 387 g/mol. The summed E-state index contributed by atoms with van der Waals surface area (Å²) in [5, 5.41) is 10.1. The van der Waals surface area contributed by atoms with E-state index in [2.05, 4.69) is 9.98 Å². The fraction of sp³-hybridized carbons (Fsp3) is 0.211. The Kier molecular flexibility index (Phi) is 5.66. The van der Waals surface area contributed by atoms with Crippen LogP contribution >= 0.6 is 12.2 Å². The van der Waals surface area contributed by atoms with Crippen molar-refractivity contribution < 1.29 is 13.9 Å². The molecule has 0 radical (unpaired) electrons. The van der Waals surface area contributed by atoms with E-state index in [0.717, 1.165) is 11.3 Å². The van der Waals surface area contributed by atoms with Crippen molar-refractivity contribution >= 4 is 18.4 Å². The third kappa shape index (κ3) is 4.22. The Morgan fingerprint density at radius 2 is 2.11 bits per heavy atom. The number of aromatic hydroxyl groups is 1. The number of hydrogen-bond donors (Lipinski definition) is 2. The van der Waals surface area contributed by atoms with Crippen molar-refractivity contribution in [3.8, 4) is 5.88 Å². The molecule has 0 spiro atoms. The summed E-state index contributed by atoms with van der Waals surface area (Å²) in [6.45, 7) is 0.376. The van der Waals surface area contributed by atoms with Gasteiger partial charge in [-0.25, -0.2) is 4.39 Å². The number of halogens is 1. The molecule has 0 aliphatic heterocycles. The zero-order valence-corrected chi connectivity index (χ0v) is 15.4. The van der Waals surface area contributed by atoms with Gasteiger partial charge in [-0.15, -0.1) is 0 Å². The number of H-pyrrole nitrogens is 1. The molecular formula is C19H18FN3O3S.